The van der Waals surface area contributed by atoms with E-state index in [0.717, 1.165) is 11.4 Å². The standard InChI is InChI=1S/C18H24N4O2/c1-12-10-22(17(23)24-18(2,3)4)11-14(12)16-19-15(20-21-16)13-8-6-5-7-9-13/h5-9,12,14H,10-11H2,1-4H3,(H,19,20,21). The lowest BCUT2D eigenvalue weighted by molar-refractivity contribution is 0.0287. The Morgan fingerprint density at radius 2 is 1.96 bits per heavy atom. The van der Waals surface area contributed by atoms with Crippen LogP contribution in [0.15, 0.2) is 30.3 Å². The van der Waals surface area contributed by atoms with Crippen molar-refractivity contribution in [2.75, 3.05) is 13.1 Å². The van der Waals surface area contributed by atoms with Crippen molar-refractivity contribution >= 4 is 6.09 Å². The molecule has 0 spiro atoms. The average molecular weight is 328 g/mol. The molecular formula is C18H24N4O2. The largest absolute Gasteiger partial charge is 0.444 e. The van der Waals surface area contributed by atoms with Gasteiger partial charge >= 0.3 is 6.09 Å². The van der Waals surface area contributed by atoms with Gasteiger partial charge in [-0.15, -0.1) is 0 Å². The summed E-state index contributed by atoms with van der Waals surface area (Å²) < 4.78 is 5.47. The van der Waals surface area contributed by atoms with Crippen molar-refractivity contribution in [2.45, 2.75) is 39.2 Å². The number of amides is 1. The number of carbonyl (C=O) groups is 1. The van der Waals surface area contributed by atoms with Crippen LogP contribution >= 0.6 is 0 Å². The smallest absolute Gasteiger partial charge is 0.410 e. The fraction of sp³-hybridized carbons (Fsp3) is 0.500. The van der Waals surface area contributed by atoms with Crippen LogP contribution in [0.25, 0.3) is 11.4 Å². The Morgan fingerprint density at radius 1 is 1.25 bits per heavy atom. The van der Waals surface area contributed by atoms with Gasteiger partial charge in [-0.25, -0.2) is 9.78 Å². The molecule has 1 aliphatic heterocycles. The minimum atomic E-state index is -0.481. The van der Waals surface area contributed by atoms with Gasteiger partial charge in [0.1, 0.15) is 11.4 Å². The number of hydrogen-bond acceptors (Lipinski definition) is 4. The van der Waals surface area contributed by atoms with E-state index in [4.69, 9.17) is 4.74 Å². The van der Waals surface area contributed by atoms with Crippen molar-refractivity contribution in [2.24, 2.45) is 5.92 Å². The summed E-state index contributed by atoms with van der Waals surface area (Å²) in [7, 11) is 0. The van der Waals surface area contributed by atoms with Crippen LogP contribution in [0.5, 0.6) is 0 Å². The molecule has 1 N–H and O–H groups in total. The molecule has 2 unspecified atom stereocenters. The number of hydrogen-bond donors (Lipinski definition) is 1. The van der Waals surface area contributed by atoms with Gasteiger partial charge in [-0.1, -0.05) is 37.3 Å². The minimum absolute atomic E-state index is 0.141. The van der Waals surface area contributed by atoms with E-state index < -0.39 is 5.60 Å². The number of benzene rings is 1. The Labute approximate surface area is 142 Å². The van der Waals surface area contributed by atoms with Crippen molar-refractivity contribution in [1.82, 2.24) is 20.1 Å². The third-order valence-corrected chi connectivity index (χ3v) is 4.15. The number of ether oxygens (including phenoxy) is 1. The molecule has 0 saturated carbocycles. The molecule has 0 aliphatic carbocycles. The normalized spacial score (nSPS) is 21.1. The molecule has 128 valence electrons. The lowest BCUT2D eigenvalue weighted by atomic mass is 9.98. The van der Waals surface area contributed by atoms with Gasteiger partial charge in [-0.2, -0.15) is 5.10 Å². The molecule has 2 aromatic rings. The van der Waals surface area contributed by atoms with Crippen LogP contribution in [0.2, 0.25) is 0 Å². The van der Waals surface area contributed by atoms with Crippen molar-refractivity contribution in [3.63, 3.8) is 0 Å². The molecule has 1 amide bonds. The van der Waals surface area contributed by atoms with Crippen LogP contribution in [0.3, 0.4) is 0 Å². The lowest BCUT2D eigenvalue weighted by Gasteiger charge is -2.24. The van der Waals surface area contributed by atoms with E-state index in [2.05, 4.69) is 22.1 Å². The first-order chi connectivity index (χ1) is 11.3. The molecule has 6 heteroatoms. The van der Waals surface area contributed by atoms with E-state index in [1.165, 1.54) is 0 Å². The molecule has 0 radical (unpaired) electrons. The summed E-state index contributed by atoms with van der Waals surface area (Å²) in [5.74, 6) is 1.96. The van der Waals surface area contributed by atoms with Gasteiger partial charge < -0.3 is 9.64 Å². The number of carbonyl (C=O) groups excluding carboxylic acids is 1. The number of aromatic nitrogens is 3. The van der Waals surface area contributed by atoms with Crippen molar-refractivity contribution in [1.29, 1.82) is 0 Å². The first kappa shape index (κ1) is 16.5. The highest BCUT2D eigenvalue weighted by Crippen LogP contribution is 2.32. The van der Waals surface area contributed by atoms with E-state index in [1.807, 2.05) is 51.1 Å². The van der Waals surface area contributed by atoms with Crippen molar-refractivity contribution in [3.8, 4) is 11.4 Å². The highest BCUT2D eigenvalue weighted by Gasteiger charge is 2.37. The van der Waals surface area contributed by atoms with Crippen LogP contribution in [0, 0.1) is 5.92 Å². The second-order valence-corrected chi connectivity index (χ2v) is 7.38. The number of nitrogens with one attached hydrogen (secondary N) is 1. The number of rotatable bonds is 2. The highest BCUT2D eigenvalue weighted by molar-refractivity contribution is 5.68. The van der Waals surface area contributed by atoms with Crippen LogP contribution in [0.4, 0.5) is 4.79 Å². The quantitative estimate of drug-likeness (QED) is 0.916. The summed E-state index contributed by atoms with van der Waals surface area (Å²) in [5.41, 5.74) is 0.500. The van der Waals surface area contributed by atoms with Gasteiger partial charge in [0, 0.05) is 24.6 Å². The van der Waals surface area contributed by atoms with Crippen molar-refractivity contribution in [3.05, 3.63) is 36.2 Å². The highest BCUT2D eigenvalue weighted by atomic mass is 16.6. The molecule has 1 aliphatic rings. The van der Waals surface area contributed by atoms with Crippen LogP contribution in [0.1, 0.15) is 39.4 Å². The summed E-state index contributed by atoms with van der Waals surface area (Å²) in [4.78, 5) is 18.7. The lowest BCUT2D eigenvalue weighted by Crippen LogP contribution is -2.35. The Balaban J connectivity index is 1.72. The van der Waals surface area contributed by atoms with Gasteiger partial charge in [0.15, 0.2) is 5.82 Å². The summed E-state index contributed by atoms with van der Waals surface area (Å²) in [6.45, 7) is 9.03. The molecule has 0 bridgehead atoms. The number of H-pyrrole nitrogens is 1. The van der Waals surface area contributed by atoms with E-state index in [9.17, 15) is 4.79 Å². The van der Waals surface area contributed by atoms with Gasteiger partial charge in [0.05, 0.1) is 0 Å². The zero-order valence-corrected chi connectivity index (χ0v) is 14.6. The van der Waals surface area contributed by atoms with Gasteiger partial charge in [-0.3, -0.25) is 5.10 Å². The van der Waals surface area contributed by atoms with Gasteiger partial charge in [0.2, 0.25) is 0 Å². The fourth-order valence-corrected chi connectivity index (χ4v) is 2.95. The number of nitrogens with zero attached hydrogens (tertiary/aromatic N) is 3. The van der Waals surface area contributed by atoms with Crippen molar-refractivity contribution < 1.29 is 9.53 Å². The zero-order valence-electron chi connectivity index (χ0n) is 14.6. The summed E-state index contributed by atoms with van der Waals surface area (Å²) in [5, 5.41) is 7.37. The minimum Gasteiger partial charge on any atom is -0.444 e. The molecular weight excluding hydrogens is 304 g/mol. The monoisotopic (exact) mass is 328 g/mol. The zero-order chi connectivity index (χ0) is 17.3. The number of aromatic amines is 1. The summed E-state index contributed by atoms with van der Waals surface area (Å²) >= 11 is 0. The third kappa shape index (κ3) is 3.58. The maximum atomic E-state index is 12.3. The second kappa shape index (κ2) is 6.26. The first-order valence-corrected chi connectivity index (χ1v) is 8.29. The SMILES string of the molecule is CC1CN(C(=O)OC(C)(C)C)CC1c1nc(-c2ccccc2)n[nH]1. The molecule has 1 fully saturated rings. The molecule has 6 nitrogen and oxygen atoms in total. The van der Waals surface area contributed by atoms with E-state index in [1.54, 1.807) is 4.90 Å². The predicted octanol–water partition coefficient (Wildman–Crippen LogP) is 3.44. The third-order valence-electron chi connectivity index (χ3n) is 4.15. The molecule has 1 saturated heterocycles. The van der Waals surface area contributed by atoms with Gasteiger partial charge in [-0.05, 0) is 26.7 Å². The molecule has 1 aromatic heterocycles. The Morgan fingerprint density at radius 3 is 2.62 bits per heavy atom. The second-order valence-electron chi connectivity index (χ2n) is 7.38. The molecule has 24 heavy (non-hydrogen) atoms. The summed E-state index contributed by atoms with van der Waals surface area (Å²) in [6, 6.07) is 9.87. The van der Waals surface area contributed by atoms with E-state index >= 15 is 0 Å². The predicted molar refractivity (Wildman–Crippen MR) is 91.5 cm³/mol. The number of likely N-dealkylation sites (tertiary alicyclic amines) is 1. The van der Waals surface area contributed by atoms with Crippen LogP contribution in [-0.2, 0) is 4.74 Å². The maximum absolute atomic E-state index is 12.3. The van der Waals surface area contributed by atoms with Gasteiger partial charge in [0.25, 0.3) is 0 Å². The fourth-order valence-electron chi connectivity index (χ4n) is 2.95. The van der Waals surface area contributed by atoms with E-state index in [-0.39, 0.29) is 12.0 Å². The Bertz CT molecular complexity index is 705. The van der Waals surface area contributed by atoms with Crippen LogP contribution < -0.4 is 0 Å². The van der Waals surface area contributed by atoms with Crippen LogP contribution in [-0.4, -0.2) is 44.9 Å². The Hall–Kier alpha value is -2.37. The molecule has 1 aromatic carbocycles. The molecule has 2 heterocycles. The van der Waals surface area contributed by atoms with E-state index in [0.29, 0.717) is 24.8 Å². The maximum Gasteiger partial charge on any atom is 0.410 e. The Kier molecular flexibility index (Phi) is 4.30. The first-order valence-electron chi connectivity index (χ1n) is 8.29. The average Bonchev–Trinajstić information content (AvgIpc) is 3.13. The topological polar surface area (TPSA) is 71.1 Å². The molecule has 2 atom stereocenters. The summed E-state index contributed by atoms with van der Waals surface area (Å²) in [6.07, 6.45) is -0.264. The molecule has 3 rings (SSSR count).